The largest absolute Gasteiger partial charge is 0.293 e. The molecule has 0 N–H and O–H groups in total. The summed E-state index contributed by atoms with van der Waals surface area (Å²) in [6.07, 6.45) is 2.21. The standard InChI is InChI=1S/C16H23NOS/c1-3-14-5-7-15(8-6-14)16(18)13(2)17-9-4-11-19-12-10-17/h5-8,13H,3-4,9-12H2,1-2H3. The third kappa shape index (κ3) is 3.83. The van der Waals surface area contributed by atoms with Gasteiger partial charge in [0.25, 0.3) is 0 Å². The van der Waals surface area contributed by atoms with E-state index in [1.807, 2.05) is 30.8 Å². The second-order valence-corrected chi connectivity index (χ2v) is 6.32. The molecule has 3 heteroatoms. The monoisotopic (exact) mass is 277 g/mol. The fourth-order valence-electron chi connectivity index (χ4n) is 2.46. The highest BCUT2D eigenvalue weighted by molar-refractivity contribution is 7.99. The zero-order chi connectivity index (χ0) is 13.7. The van der Waals surface area contributed by atoms with E-state index in [1.54, 1.807) is 0 Å². The first-order valence-corrected chi connectivity index (χ1v) is 8.32. The summed E-state index contributed by atoms with van der Waals surface area (Å²) < 4.78 is 0. The van der Waals surface area contributed by atoms with Crippen molar-refractivity contribution in [3.63, 3.8) is 0 Å². The van der Waals surface area contributed by atoms with Gasteiger partial charge in [-0.3, -0.25) is 9.69 Å². The van der Waals surface area contributed by atoms with Gasteiger partial charge in [0, 0.05) is 17.9 Å². The Balaban J connectivity index is 2.04. The highest BCUT2D eigenvalue weighted by atomic mass is 32.2. The molecule has 0 bridgehead atoms. The van der Waals surface area contributed by atoms with Gasteiger partial charge in [0.1, 0.15) is 0 Å². The van der Waals surface area contributed by atoms with Crippen LogP contribution in [0.3, 0.4) is 0 Å². The Morgan fingerprint density at radius 2 is 2.00 bits per heavy atom. The zero-order valence-corrected chi connectivity index (χ0v) is 12.7. The van der Waals surface area contributed by atoms with Gasteiger partial charge in [0.15, 0.2) is 5.78 Å². The van der Waals surface area contributed by atoms with Crippen LogP contribution in [0.25, 0.3) is 0 Å². The van der Waals surface area contributed by atoms with Crippen LogP contribution in [-0.2, 0) is 6.42 Å². The van der Waals surface area contributed by atoms with Crippen LogP contribution in [0.15, 0.2) is 24.3 Å². The van der Waals surface area contributed by atoms with Crippen molar-refractivity contribution in [3.8, 4) is 0 Å². The molecule has 2 nitrogen and oxygen atoms in total. The molecule has 0 amide bonds. The van der Waals surface area contributed by atoms with E-state index in [1.165, 1.54) is 17.7 Å². The van der Waals surface area contributed by atoms with Gasteiger partial charge in [0.2, 0.25) is 0 Å². The third-order valence-electron chi connectivity index (χ3n) is 3.83. The number of carbonyl (C=O) groups excluding carboxylic acids is 1. The molecule has 104 valence electrons. The third-order valence-corrected chi connectivity index (χ3v) is 4.88. The average molecular weight is 277 g/mol. The van der Waals surface area contributed by atoms with Gasteiger partial charge < -0.3 is 0 Å². The Morgan fingerprint density at radius 1 is 1.26 bits per heavy atom. The molecule has 0 aromatic heterocycles. The molecule has 0 saturated carbocycles. The molecular formula is C16H23NOS. The predicted octanol–water partition coefficient (Wildman–Crippen LogP) is 3.26. The van der Waals surface area contributed by atoms with Crippen LogP contribution in [0.1, 0.15) is 36.2 Å². The van der Waals surface area contributed by atoms with Gasteiger partial charge in [-0.25, -0.2) is 0 Å². The van der Waals surface area contributed by atoms with Crippen molar-refractivity contribution in [1.29, 1.82) is 0 Å². The van der Waals surface area contributed by atoms with E-state index >= 15 is 0 Å². The molecule has 0 spiro atoms. The number of hydrogen-bond acceptors (Lipinski definition) is 3. The van der Waals surface area contributed by atoms with Crippen molar-refractivity contribution in [2.24, 2.45) is 0 Å². The lowest BCUT2D eigenvalue weighted by Crippen LogP contribution is -2.40. The van der Waals surface area contributed by atoms with Gasteiger partial charge in [0.05, 0.1) is 6.04 Å². The van der Waals surface area contributed by atoms with E-state index in [4.69, 9.17) is 0 Å². The van der Waals surface area contributed by atoms with Gasteiger partial charge in [-0.05, 0) is 37.6 Å². The fraction of sp³-hybridized carbons (Fsp3) is 0.562. The normalized spacial score (nSPS) is 18.8. The van der Waals surface area contributed by atoms with Gasteiger partial charge >= 0.3 is 0 Å². The van der Waals surface area contributed by atoms with Crippen molar-refractivity contribution in [2.45, 2.75) is 32.7 Å². The first kappa shape index (κ1) is 14.6. The maximum Gasteiger partial charge on any atom is 0.179 e. The quantitative estimate of drug-likeness (QED) is 0.788. The van der Waals surface area contributed by atoms with Crippen molar-refractivity contribution >= 4 is 17.5 Å². The van der Waals surface area contributed by atoms with Gasteiger partial charge in [-0.2, -0.15) is 11.8 Å². The van der Waals surface area contributed by atoms with E-state index in [2.05, 4.69) is 24.0 Å². The van der Waals surface area contributed by atoms with Crippen LogP contribution in [0.4, 0.5) is 0 Å². The second kappa shape index (κ2) is 7.11. The topological polar surface area (TPSA) is 20.3 Å². The molecule has 1 aliphatic rings. The lowest BCUT2D eigenvalue weighted by atomic mass is 10.0. The summed E-state index contributed by atoms with van der Waals surface area (Å²) in [5.41, 5.74) is 2.14. The molecular weight excluding hydrogens is 254 g/mol. The highest BCUT2D eigenvalue weighted by Crippen LogP contribution is 2.16. The smallest absolute Gasteiger partial charge is 0.179 e. The predicted molar refractivity (Wildman–Crippen MR) is 83.1 cm³/mol. The number of benzene rings is 1. The highest BCUT2D eigenvalue weighted by Gasteiger charge is 2.23. The maximum atomic E-state index is 12.5. The van der Waals surface area contributed by atoms with Crippen molar-refractivity contribution in [1.82, 2.24) is 4.90 Å². The number of carbonyl (C=O) groups is 1. The Labute approximate surface area is 120 Å². The lowest BCUT2D eigenvalue weighted by molar-refractivity contribution is 0.0848. The molecule has 1 fully saturated rings. The number of hydrogen-bond donors (Lipinski definition) is 0. The first-order valence-electron chi connectivity index (χ1n) is 7.17. The number of rotatable bonds is 4. The molecule has 1 unspecified atom stereocenters. The SMILES string of the molecule is CCc1ccc(C(=O)C(C)N2CCCSCC2)cc1. The molecule has 1 heterocycles. The van der Waals surface area contributed by atoms with Crippen LogP contribution < -0.4 is 0 Å². The fourth-order valence-corrected chi connectivity index (χ4v) is 3.37. The van der Waals surface area contributed by atoms with Crippen LogP contribution in [0.2, 0.25) is 0 Å². The Morgan fingerprint density at radius 3 is 2.68 bits per heavy atom. The summed E-state index contributed by atoms with van der Waals surface area (Å²) in [6.45, 7) is 6.26. The second-order valence-electron chi connectivity index (χ2n) is 5.09. The average Bonchev–Trinajstić information content (AvgIpc) is 2.75. The molecule has 1 saturated heterocycles. The van der Waals surface area contributed by atoms with E-state index < -0.39 is 0 Å². The number of nitrogens with zero attached hydrogens (tertiary/aromatic N) is 1. The Kier molecular flexibility index (Phi) is 5.46. The van der Waals surface area contributed by atoms with E-state index in [9.17, 15) is 4.79 Å². The van der Waals surface area contributed by atoms with Gasteiger partial charge in [-0.15, -0.1) is 0 Å². The van der Waals surface area contributed by atoms with Crippen LogP contribution in [0, 0.1) is 0 Å². The van der Waals surface area contributed by atoms with Crippen LogP contribution in [0.5, 0.6) is 0 Å². The molecule has 19 heavy (non-hydrogen) atoms. The Hall–Kier alpha value is -0.800. The van der Waals surface area contributed by atoms with E-state index in [0.29, 0.717) is 0 Å². The number of thioether (sulfide) groups is 1. The minimum Gasteiger partial charge on any atom is -0.293 e. The van der Waals surface area contributed by atoms with Crippen LogP contribution >= 0.6 is 11.8 Å². The van der Waals surface area contributed by atoms with Gasteiger partial charge in [-0.1, -0.05) is 31.2 Å². The van der Waals surface area contributed by atoms with Crippen molar-refractivity contribution < 1.29 is 4.79 Å². The Bertz CT molecular complexity index is 407. The molecule has 1 aromatic rings. The first-order chi connectivity index (χ1) is 9.22. The summed E-state index contributed by atoms with van der Waals surface area (Å²) in [7, 11) is 0. The van der Waals surface area contributed by atoms with Crippen molar-refractivity contribution in [2.75, 3.05) is 24.6 Å². The van der Waals surface area contributed by atoms with E-state index in [-0.39, 0.29) is 11.8 Å². The summed E-state index contributed by atoms with van der Waals surface area (Å²) in [6, 6.07) is 8.09. The minimum absolute atomic E-state index is 0.00572. The number of aryl methyl sites for hydroxylation is 1. The minimum atomic E-state index is 0.00572. The maximum absolute atomic E-state index is 12.5. The van der Waals surface area contributed by atoms with Crippen LogP contribution in [-0.4, -0.2) is 41.3 Å². The molecule has 1 aromatic carbocycles. The molecule has 0 aliphatic carbocycles. The summed E-state index contributed by atoms with van der Waals surface area (Å²) in [5.74, 6) is 2.63. The summed E-state index contributed by atoms with van der Waals surface area (Å²) in [4.78, 5) is 14.8. The summed E-state index contributed by atoms with van der Waals surface area (Å²) in [5, 5.41) is 0. The zero-order valence-electron chi connectivity index (χ0n) is 11.9. The number of ketones is 1. The lowest BCUT2D eigenvalue weighted by Gasteiger charge is -2.26. The molecule has 1 aliphatic heterocycles. The molecule has 1 atom stereocenters. The number of Topliss-reactive ketones (excluding diaryl/α,β-unsaturated/α-hetero) is 1. The van der Waals surface area contributed by atoms with E-state index in [0.717, 1.165) is 30.8 Å². The molecule has 2 rings (SSSR count). The summed E-state index contributed by atoms with van der Waals surface area (Å²) >= 11 is 2.00. The van der Waals surface area contributed by atoms with Crippen molar-refractivity contribution in [3.05, 3.63) is 35.4 Å². The molecule has 0 radical (unpaired) electrons.